The molecule has 8 heteroatoms. The summed E-state index contributed by atoms with van der Waals surface area (Å²) in [6.07, 6.45) is 3.46. The van der Waals surface area contributed by atoms with Gasteiger partial charge in [-0.3, -0.25) is 14.5 Å². The minimum absolute atomic E-state index is 0.0488. The van der Waals surface area contributed by atoms with Gasteiger partial charge in [0.1, 0.15) is 12.1 Å². The molecule has 0 saturated carbocycles. The maximum Gasteiger partial charge on any atom is 0.244 e. The second-order valence-corrected chi connectivity index (χ2v) is 7.33. The summed E-state index contributed by atoms with van der Waals surface area (Å²) in [4.78, 5) is 31.0. The van der Waals surface area contributed by atoms with E-state index in [1.807, 2.05) is 34.1 Å². The minimum Gasteiger partial charge on any atom is -0.342 e. The summed E-state index contributed by atoms with van der Waals surface area (Å²) in [5, 5.41) is 8.19. The lowest BCUT2D eigenvalue weighted by atomic mass is 10.1. The molecule has 3 heterocycles. The summed E-state index contributed by atoms with van der Waals surface area (Å²) in [7, 11) is 0. The van der Waals surface area contributed by atoms with Crippen molar-refractivity contribution in [2.75, 3.05) is 45.8 Å². The molecule has 2 aromatic rings. The third-order valence-corrected chi connectivity index (χ3v) is 5.50. The lowest BCUT2D eigenvalue weighted by molar-refractivity contribution is -0.136. The predicted octanol–water partition coefficient (Wildman–Crippen LogP) is 0.588. The van der Waals surface area contributed by atoms with E-state index < -0.39 is 0 Å². The van der Waals surface area contributed by atoms with Crippen LogP contribution in [-0.4, -0.2) is 87.3 Å². The first-order valence-corrected chi connectivity index (χ1v) is 9.77. The molecule has 27 heavy (non-hydrogen) atoms. The quantitative estimate of drug-likeness (QED) is 0.787. The van der Waals surface area contributed by atoms with Gasteiger partial charge in [0, 0.05) is 39.3 Å². The number of piperazine rings is 1. The van der Waals surface area contributed by atoms with Gasteiger partial charge < -0.3 is 9.80 Å². The van der Waals surface area contributed by atoms with E-state index in [-0.39, 0.29) is 18.4 Å². The Bertz CT molecular complexity index is 805. The second-order valence-electron chi connectivity index (χ2n) is 7.33. The molecule has 2 saturated heterocycles. The van der Waals surface area contributed by atoms with Crippen LogP contribution in [0.3, 0.4) is 0 Å². The summed E-state index contributed by atoms with van der Waals surface area (Å²) < 4.78 is 1.66. The first-order valence-electron chi connectivity index (χ1n) is 9.77. The van der Waals surface area contributed by atoms with Crippen LogP contribution in [-0.2, 0) is 16.1 Å². The second kappa shape index (κ2) is 8.04. The third-order valence-electron chi connectivity index (χ3n) is 5.50. The van der Waals surface area contributed by atoms with Crippen LogP contribution in [0.2, 0.25) is 0 Å². The number of nitrogens with zero attached hydrogens (tertiary/aromatic N) is 6. The van der Waals surface area contributed by atoms with Crippen molar-refractivity contribution in [1.82, 2.24) is 29.7 Å². The van der Waals surface area contributed by atoms with Crippen molar-refractivity contribution in [3.63, 3.8) is 0 Å². The summed E-state index contributed by atoms with van der Waals surface area (Å²) in [5.74, 6) is 0.274. The number of carbonyl (C=O) groups excluding carboxylic acids is 2. The zero-order chi connectivity index (χ0) is 18.6. The van der Waals surface area contributed by atoms with E-state index in [9.17, 15) is 9.59 Å². The first-order chi connectivity index (χ1) is 13.2. The Balaban J connectivity index is 1.27. The number of hydrogen-bond acceptors (Lipinski definition) is 5. The molecule has 2 fully saturated rings. The number of hydrogen-bond donors (Lipinski definition) is 0. The monoisotopic (exact) mass is 370 g/mol. The topological polar surface area (TPSA) is 74.6 Å². The minimum atomic E-state index is 0.0488. The van der Waals surface area contributed by atoms with Gasteiger partial charge >= 0.3 is 0 Å². The molecule has 0 aliphatic carbocycles. The van der Waals surface area contributed by atoms with Crippen LogP contribution < -0.4 is 0 Å². The lowest BCUT2D eigenvalue weighted by Gasteiger charge is -2.36. The molecule has 4 rings (SSSR count). The normalized spacial score (nSPS) is 18.8. The molecule has 2 aliphatic heterocycles. The number of likely N-dealkylation sites (tertiary alicyclic amines) is 1. The smallest absolute Gasteiger partial charge is 0.244 e. The Morgan fingerprint density at radius 2 is 1.48 bits per heavy atom. The van der Waals surface area contributed by atoms with Crippen molar-refractivity contribution in [1.29, 1.82) is 0 Å². The maximum atomic E-state index is 12.6. The van der Waals surface area contributed by atoms with E-state index in [0.29, 0.717) is 19.6 Å². The van der Waals surface area contributed by atoms with Crippen molar-refractivity contribution in [3.8, 4) is 0 Å². The van der Waals surface area contributed by atoms with Gasteiger partial charge in [-0.05, 0) is 31.4 Å². The van der Waals surface area contributed by atoms with E-state index in [1.165, 1.54) is 6.42 Å². The fourth-order valence-electron chi connectivity index (χ4n) is 3.85. The van der Waals surface area contributed by atoms with E-state index >= 15 is 0 Å². The van der Waals surface area contributed by atoms with Gasteiger partial charge in [0.15, 0.2) is 0 Å². The Hall–Kier alpha value is -2.48. The summed E-state index contributed by atoms with van der Waals surface area (Å²) >= 11 is 0. The molecule has 1 aromatic carbocycles. The first kappa shape index (κ1) is 17.9. The van der Waals surface area contributed by atoms with E-state index in [1.54, 1.807) is 4.68 Å². The molecule has 0 N–H and O–H groups in total. The fraction of sp³-hybridized carbons (Fsp3) is 0.579. The van der Waals surface area contributed by atoms with Gasteiger partial charge in [0.05, 0.1) is 12.1 Å². The molecule has 2 amide bonds. The van der Waals surface area contributed by atoms with Crippen LogP contribution in [0.5, 0.6) is 0 Å². The zero-order valence-electron chi connectivity index (χ0n) is 15.6. The summed E-state index contributed by atoms with van der Waals surface area (Å²) in [6, 6.07) is 7.65. The predicted molar refractivity (Wildman–Crippen MR) is 101 cm³/mol. The molecule has 0 bridgehead atoms. The SMILES string of the molecule is O=C(CN1CCN(C(=O)Cn2nnc3ccccc32)CC1)N1CCCCC1. The molecular weight excluding hydrogens is 344 g/mol. The van der Waals surface area contributed by atoms with Gasteiger partial charge in [-0.15, -0.1) is 5.10 Å². The number of piperidine rings is 1. The van der Waals surface area contributed by atoms with Crippen LogP contribution in [0.25, 0.3) is 11.0 Å². The van der Waals surface area contributed by atoms with Crippen molar-refractivity contribution in [3.05, 3.63) is 24.3 Å². The fourth-order valence-corrected chi connectivity index (χ4v) is 3.85. The third kappa shape index (κ3) is 4.10. The number of rotatable bonds is 4. The molecule has 144 valence electrons. The molecule has 0 spiro atoms. The number of amides is 2. The molecule has 0 unspecified atom stereocenters. The van der Waals surface area contributed by atoms with Crippen molar-refractivity contribution in [2.24, 2.45) is 0 Å². The Kier molecular flexibility index (Phi) is 5.33. The Morgan fingerprint density at radius 3 is 2.26 bits per heavy atom. The Morgan fingerprint density at radius 1 is 0.815 bits per heavy atom. The van der Waals surface area contributed by atoms with Crippen LogP contribution in [0.4, 0.5) is 0 Å². The van der Waals surface area contributed by atoms with Gasteiger partial charge in [0.2, 0.25) is 11.8 Å². The maximum absolute atomic E-state index is 12.6. The van der Waals surface area contributed by atoms with Crippen LogP contribution in [0, 0.1) is 0 Å². The van der Waals surface area contributed by atoms with Gasteiger partial charge in [-0.25, -0.2) is 4.68 Å². The highest BCUT2D eigenvalue weighted by Gasteiger charge is 2.25. The molecule has 0 atom stereocenters. The standard InChI is InChI=1S/C19H26N6O2/c26-18(23-8-4-1-5-9-23)14-22-10-12-24(13-11-22)19(27)15-25-17-7-3-2-6-16(17)20-21-25/h2-3,6-7H,1,4-5,8-15H2. The van der Waals surface area contributed by atoms with Crippen LogP contribution in [0.1, 0.15) is 19.3 Å². The number of fused-ring (bicyclic) bond motifs is 1. The Labute approximate surface area is 158 Å². The van der Waals surface area contributed by atoms with Crippen LogP contribution in [0.15, 0.2) is 24.3 Å². The molecular formula is C19H26N6O2. The highest BCUT2D eigenvalue weighted by atomic mass is 16.2. The number of carbonyl (C=O) groups is 2. The number of benzene rings is 1. The average Bonchev–Trinajstić information content (AvgIpc) is 3.12. The van der Waals surface area contributed by atoms with Crippen LogP contribution >= 0.6 is 0 Å². The number of para-hydroxylation sites is 1. The van der Waals surface area contributed by atoms with Gasteiger partial charge in [-0.1, -0.05) is 17.3 Å². The number of aromatic nitrogens is 3. The van der Waals surface area contributed by atoms with E-state index in [0.717, 1.165) is 50.1 Å². The highest BCUT2D eigenvalue weighted by molar-refractivity contribution is 5.80. The van der Waals surface area contributed by atoms with Gasteiger partial charge in [0.25, 0.3) is 0 Å². The molecule has 2 aliphatic rings. The summed E-state index contributed by atoms with van der Waals surface area (Å²) in [5.41, 5.74) is 1.67. The van der Waals surface area contributed by atoms with E-state index in [2.05, 4.69) is 15.2 Å². The van der Waals surface area contributed by atoms with Gasteiger partial charge in [-0.2, -0.15) is 0 Å². The van der Waals surface area contributed by atoms with Crippen molar-refractivity contribution >= 4 is 22.8 Å². The van der Waals surface area contributed by atoms with Crippen molar-refractivity contribution in [2.45, 2.75) is 25.8 Å². The highest BCUT2D eigenvalue weighted by Crippen LogP contribution is 2.12. The lowest BCUT2D eigenvalue weighted by Crippen LogP contribution is -2.52. The largest absolute Gasteiger partial charge is 0.342 e. The molecule has 8 nitrogen and oxygen atoms in total. The van der Waals surface area contributed by atoms with E-state index in [4.69, 9.17) is 0 Å². The molecule has 1 aromatic heterocycles. The molecule has 0 radical (unpaired) electrons. The van der Waals surface area contributed by atoms with Crippen molar-refractivity contribution < 1.29 is 9.59 Å². The zero-order valence-corrected chi connectivity index (χ0v) is 15.6. The average molecular weight is 370 g/mol. The summed E-state index contributed by atoms with van der Waals surface area (Å²) in [6.45, 7) is 5.24.